The second-order valence-corrected chi connectivity index (χ2v) is 6.72. The van der Waals surface area contributed by atoms with Crippen LogP contribution < -0.4 is 4.74 Å². The quantitative estimate of drug-likeness (QED) is 0.758. The highest BCUT2D eigenvalue weighted by Crippen LogP contribution is 2.31. The van der Waals surface area contributed by atoms with Gasteiger partial charge in [0.1, 0.15) is 5.75 Å². The smallest absolute Gasteiger partial charge is 0.127 e. The highest BCUT2D eigenvalue weighted by molar-refractivity contribution is 6.35. The summed E-state index contributed by atoms with van der Waals surface area (Å²) in [7, 11) is 0. The van der Waals surface area contributed by atoms with Gasteiger partial charge >= 0.3 is 0 Å². The standard InChI is InChI=1S/C19H24ClNO2/c1-14-12-21(13-15(2)23-14)10-5-11-22-19-9-8-18(20)16-6-3-4-7-17(16)19/h3-4,6-9,14-15H,5,10-13H2,1-2H3/t14-,15+. The maximum absolute atomic E-state index is 6.25. The van der Waals surface area contributed by atoms with Gasteiger partial charge in [0.15, 0.2) is 0 Å². The molecule has 1 aliphatic heterocycles. The van der Waals surface area contributed by atoms with E-state index in [1.54, 1.807) is 0 Å². The van der Waals surface area contributed by atoms with E-state index in [0.717, 1.165) is 47.6 Å². The molecular formula is C19H24ClNO2. The van der Waals surface area contributed by atoms with Crippen LogP contribution in [-0.2, 0) is 4.74 Å². The molecule has 0 aliphatic carbocycles. The lowest BCUT2D eigenvalue weighted by molar-refractivity contribution is -0.0686. The molecule has 2 aromatic rings. The van der Waals surface area contributed by atoms with Crippen molar-refractivity contribution in [3.8, 4) is 5.75 Å². The van der Waals surface area contributed by atoms with Crippen LogP contribution in [0.25, 0.3) is 10.8 Å². The van der Waals surface area contributed by atoms with E-state index in [1.165, 1.54) is 0 Å². The predicted molar refractivity (Wildman–Crippen MR) is 95.5 cm³/mol. The average molecular weight is 334 g/mol. The number of hydrogen-bond donors (Lipinski definition) is 0. The Morgan fingerprint density at radius 1 is 1.09 bits per heavy atom. The summed E-state index contributed by atoms with van der Waals surface area (Å²) >= 11 is 6.25. The van der Waals surface area contributed by atoms with E-state index in [4.69, 9.17) is 21.1 Å². The number of fused-ring (bicyclic) bond motifs is 1. The van der Waals surface area contributed by atoms with E-state index in [9.17, 15) is 0 Å². The molecule has 23 heavy (non-hydrogen) atoms. The maximum atomic E-state index is 6.25. The minimum absolute atomic E-state index is 0.319. The second-order valence-electron chi connectivity index (χ2n) is 6.31. The molecule has 2 aromatic carbocycles. The molecule has 0 saturated carbocycles. The minimum Gasteiger partial charge on any atom is -0.493 e. The fraction of sp³-hybridized carbons (Fsp3) is 0.474. The molecule has 0 spiro atoms. The molecule has 0 unspecified atom stereocenters. The van der Waals surface area contributed by atoms with Crippen molar-refractivity contribution in [2.75, 3.05) is 26.2 Å². The number of benzene rings is 2. The summed E-state index contributed by atoms with van der Waals surface area (Å²) in [6, 6.07) is 12.0. The molecule has 0 radical (unpaired) electrons. The van der Waals surface area contributed by atoms with Gasteiger partial charge in [-0.1, -0.05) is 35.9 Å². The number of halogens is 1. The van der Waals surface area contributed by atoms with Crippen molar-refractivity contribution in [2.45, 2.75) is 32.5 Å². The van der Waals surface area contributed by atoms with E-state index in [0.29, 0.717) is 18.8 Å². The van der Waals surface area contributed by atoms with Crippen LogP contribution in [0, 0.1) is 0 Å². The van der Waals surface area contributed by atoms with Crippen LogP contribution in [0.15, 0.2) is 36.4 Å². The van der Waals surface area contributed by atoms with Crippen molar-refractivity contribution in [2.24, 2.45) is 0 Å². The van der Waals surface area contributed by atoms with Gasteiger partial charge in [-0.05, 0) is 32.4 Å². The minimum atomic E-state index is 0.319. The molecule has 0 aromatic heterocycles. The topological polar surface area (TPSA) is 21.7 Å². The summed E-state index contributed by atoms with van der Waals surface area (Å²) in [6.07, 6.45) is 1.65. The number of rotatable bonds is 5. The first-order valence-electron chi connectivity index (χ1n) is 8.31. The zero-order chi connectivity index (χ0) is 16.2. The molecule has 1 fully saturated rings. The zero-order valence-electron chi connectivity index (χ0n) is 13.8. The van der Waals surface area contributed by atoms with Crippen molar-refractivity contribution in [3.63, 3.8) is 0 Å². The highest BCUT2D eigenvalue weighted by atomic mass is 35.5. The molecule has 0 N–H and O–H groups in total. The van der Waals surface area contributed by atoms with E-state index < -0.39 is 0 Å². The molecule has 124 valence electrons. The van der Waals surface area contributed by atoms with Gasteiger partial charge in [-0.25, -0.2) is 0 Å². The average Bonchev–Trinajstić information content (AvgIpc) is 2.53. The Morgan fingerprint density at radius 3 is 2.52 bits per heavy atom. The number of ether oxygens (including phenoxy) is 2. The van der Waals surface area contributed by atoms with Crippen LogP contribution >= 0.6 is 11.6 Å². The summed E-state index contributed by atoms with van der Waals surface area (Å²) in [5, 5.41) is 2.89. The molecule has 3 nitrogen and oxygen atoms in total. The Bertz CT molecular complexity index is 651. The molecule has 1 aliphatic rings. The Kier molecular flexibility index (Phi) is 5.42. The molecule has 1 heterocycles. The van der Waals surface area contributed by atoms with Gasteiger partial charge in [-0.3, -0.25) is 4.90 Å². The van der Waals surface area contributed by atoms with Crippen molar-refractivity contribution in [1.82, 2.24) is 4.90 Å². The number of nitrogens with zero attached hydrogens (tertiary/aromatic N) is 1. The van der Waals surface area contributed by atoms with Crippen LogP contribution in [0.1, 0.15) is 20.3 Å². The van der Waals surface area contributed by atoms with Gasteiger partial charge in [-0.2, -0.15) is 0 Å². The fourth-order valence-corrected chi connectivity index (χ4v) is 3.53. The maximum Gasteiger partial charge on any atom is 0.127 e. The molecule has 3 rings (SSSR count). The second kappa shape index (κ2) is 7.52. The fourth-order valence-electron chi connectivity index (χ4n) is 3.30. The Labute approximate surface area is 143 Å². The van der Waals surface area contributed by atoms with Gasteiger partial charge in [-0.15, -0.1) is 0 Å². The SMILES string of the molecule is C[C@@H]1CN(CCCOc2ccc(Cl)c3ccccc23)C[C@H](C)O1. The van der Waals surface area contributed by atoms with Gasteiger partial charge in [0, 0.05) is 35.4 Å². The van der Waals surface area contributed by atoms with Crippen molar-refractivity contribution in [1.29, 1.82) is 0 Å². The lowest BCUT2D eigenvalue weighted by Gasteiger charge is -2.35. The van der Waals surface area contributed by atoms with E-state index in [1.807, 2.05) is 30.3 Å². The number of morpholine rings is 1. The summed E-state index contributed by atoms with van der Waals surface area (Å²) in [5.74, 6) is 0.911. The summed E-state index contributed by atoms with van der Waals surface area (Å²) in [6.45, 7) is 8.05. The molecule has 1 saturated heterocycles. The van der Waals surface area contributed by atoms with Gasteiger partial charge in [0.05, 0.1) is 18.8 Å². The number of hydrogen-bond acceptors (Lipinski definition) is 3. The van der Waals surface area contributed by atoms with E-state index >= 15 is 0 Å². The zero-order valence-corrected chi connectivity index (χ0v) is 14.6. The van der Waals surface area contributed by atoms with Gasteiger partial charge in [0.25, 0.3) is 0 Å². The first-order valence-corrected chi connectivity index (χ1v) is 8.69. The van der Waals surface area contributed by atoms with E-state index in [2.05, 4.69) is 24.8 Å². The first-order chi connectivity index (χ1) is 11.1. The Balaban J connectivity index is 1.54. The van der Waals surface area contributed by atoms with Crippen molar-refractivity contribution in [3.05, 3.63) is 41.4 Å². The highest BCUT2D eigenvalue weighted by Gasteiger charge is 2.21. The van der Waals surface area contributed by atoms with Crippen LogP contribution in [0.4, 0.5) is 0 Å². The summed E-state index contributed by atoms with van der Waals surface area (Å²) in [4.78, 5) is 2.46. The lowest BCUT2D eigenvalue weighted by Crippen LogP contribution is -2.45. The predicted octanol–water partition coefficient (Wildman–Crippen LogP) is 4.37. The normalized spacial score (nSPS) is 22.4. The third-order valence-electron chi connectivity index (χ3n) is 4.20. The lowest BCUT2D eigenvalue weighted by atomic mass is 10.1. The van der Waals surface area contributed by atoms with E-state index in [-0.39, 0.29) is 0 Å². The molecule has 4 heteroatoms. The monoisotopic (exact) mass is 333 g/mol. The van der Waals surface area contributed by atoms with Crippen LogP contribution in [0.5, 0.6) is 5.75 Å². The van der Waals surface area contributed by atoms with Crippen LogP contribution in [0.2, 0.25) is 5.02 Å². The summed E-state index contributed by atoms with van der Waals surface area (Å²) in [5.41, 5.74) is 0. The summed E-state index contributed by atoms with van der Waals surface area (Å²) < 4.78 is 11.8. The van der Waals surface area contributed by atoms with Crippen LogP contribution in [-0.4, -0.2) is 43.3 Å². The van der Waals surface area contributed by atoms with Gasteiger partial charge < -0.3 is 9.47 Å². The van der Waals surface area contributed by atoms with Crippen LogP contribution in [0.3, 0.4) is 0 Å². The largest absolute Gasteiger partial charge is 0.493 e. The van der Waals surface area contributed by atoms with Crippen molar-refractivity contribution >= 4 is 22.4 Å². The molecule has 0 bridgehead atoms. The molecule has 0 amide bonds. The first kappa shape index (κ1) is 16.6. The third-order valence-corrected chi connectivity index (χ3v) is 4.53. The van der Waals surface area contributed by atoms with Crippen molar-refractivity contribution < 1.29 is 9.47 Å². The van der Waals surface area contributed by atoms with Gasteiger partial charge in [0.2, 0.25) is 0 Å². The Hall–Kier alpha value is -1.29. The third kappa shape index (κ3) is 4.17. The Morgan fingerprint density at radius 2 is 1.78 bits per heavy atom. The molecule has 2 atom stereocenters. The molecular weight excluding hydrogens is 310 g/mol.